The fourth-order valence-electron chi connectivity index (χ4n) is 1.51. The largest absolute Gasteiger partial charge is 0.508 e. The van der Waals surface area contributed by atoms with Gasteiger partial charge in [-0.3, -0.25) is 4.79 Å². The Hall–Kier alpha value is -1.88. The number of carbonyl (C=O) groups excluding carboxylic acids is 1. The van der Waals surface area contributed by atoms with Crippen molar-refractivity contribution in [3.63, 3.8) is 0 Å². The zero-order valence-corrected chi connectivity index (χ0v) is 10.1. The standard InChI is InChI=1S/C12H12N2O2S/c1-14(12(16)11-7-17-8-13-11)6-9-3-2-4-10(15)5-9/h2-5,7-8,15H,6H2,1H3. The van der Waals surface area contributed by atoms with E-state index >= 15 is 0 Å². The van der Waals surface area contributed by atoms with Crippen LogP contribution in [0.3, 0.4) is 0 Å². The molecule has 1 aromatic carbocycles. The monoisotopic (exact) mass is 248 g/mol. The van der Waals surface area contributed by atoms with Crippen LogP contribution < -0.4 is 0 Å². The Bertz CT molecular complexity index is 511. The molecule has 0 aliphatic rings. The first-order chi connectivity index (χ1) is 8.16. The van der Waals surface area contributed by atoms with Crippen molar-refractivity contribution in [2.75, 3.05) is 7.05 Å². The average molecular weight is 248 g/mol. The van der Waals surface area contributed by atoms with Crippen molar-refractivity contribution >= 4 is 17.2 Å². The van der Waals surface area contributed by atoms with Crippen molar-refractivity contribution in [3.8, 4) is 5.75 Å². The molecule has 0 atom stereocenters. The highest BCUT2D eigenvalue weighted by molar-refractivity contribution is 7.07. The number of carbonyl (C=O) groups is 1. The van der Waals surface area contributed by atoms with Crippen molar-refractivity contribution in [3.05, 3.63) is 46.4 Å². The van der Waals surface area contributed by atoms with Crippen molar-refractivity contribution in [1.29, 1.82) is 0 Å². The predicted octanol–water partition coefficient (Wildman–Crippen LogP) is 2.12. The summed E-state index contributed by atoms with van der Waals surface area (Å²) in [6.45, 7) is 0.449. The molecule has 2 aromatic rings. The normalized spacial score (nSPS) is 10.2. The van der Waals surface area contributed by atoms with E-state index in [4.69, 9.17) is 0 Å². The van der Waals surface area contributed by atoms with E-state index < -0.39 is 0 Å². The first-order valence-electron chi connectivity index (χ1n) is 5.08. The molecule has 4 nitrogen and oxygen atoms in total. The summed E-state index contributed by atoms with van der Waals surface area (Å²) in [5.74, 6) is 0.0894. The summed E-state index contributed by atoms with van der Waals surface area (Å²) < 4.78 is 0. The first kappa shape index (κ1) is 11.6. The van der Waals surface area contributed by atoms with Crippen LogP contribution in [0, 0.1) is 0 Å². The molecule has 0 aliphatic heterocycles. The third-order valence-corrected chi connectivity index (χ3v) is 2.91. The highest BCUT2D eigenvalue weighted by atomic mass is 32.1. The third-order valence-electron chi connectivity index (χ3n) is 2.33. The smallest absolute Gasteiger partial charge is 0.273 e. The lowest BCUT2D eigenvalue weighted by molar-refractivity contribution is 0.0780. The Morgan fingerprint density at radius 3 is 3.00 bits per heavy atom. The quantitative estimate of drug-likeness (QED) is 0.905. The van der Waals surface area contributed by atoms with E-state index in [1.807, 2.05) is 6.07 Å². The third kappa shape index (κ3) is 2.82. The number of hydrogen-bond donors (Lipinski definition) is 1. The maximum Gasteiger partial charge on any atom is 0.273 e. The lowest BCUT2D eigenvalue weighted by Gasteiger charge is -2.15. The minimum atomic E-state index is -0.116. The summed E-state index contributed by atoms with van der Waals surface area (Å²) in [4.78, 5) is 17.5. The van der Waals surface area contributed by atoms with Gasteiger partial charge in [0.05, 0.1) is 5.51 Å². The molecule has 0 unspecified atom stereocenters. The van der Waals surface area contributed by atoms with Crippen LogP contribution in [0.5, 0.6) is 5.75 Å². The van der Waals surface area contributed by atoms with Crippen molar-refractivity contribution in [1.82, 2.24) is 9.88 Å². The molecule has 1 amide bonds. The molecular weight excluding hydrogens is 236 g/mol. The number of hydrogen-bond acceptors (Lipinski definition) is 4. The van der Waals surface area contributed by atoms with Gasteiger partial charge in [-0.05, 0) is 17.7 Å². The predicted molar refractivity (Wildman–Crippen MR) is 66.0 cm³/mol. The van der Waals surface area contributed by atoms with E-state index in [1.54, 1.807) is 41.0 Å². The summed E-state index contributed by atoms with van der Waals surface area (Å²) in [5, 5.41) is 11.1. The molecule has 0 saturated carbocycles. The zero-order valence-electron chi connectivity index (χ0n) is 9.33. The van der Waals surface area contributed by atoms with E-state index in [9.17, 15) is 9.90 Å². The van der Waals surface area contributed by atoms with E-state index in [1.165, 1.54) is 11.3 Å². The lowest BCUT2D eigenvalue weighted by Crippen LogP contribution is -2.26. The average Bonchev–Trinajstić information content (AvgIpc) is 2.81. The summed E-state index contributed by atoms with van der Waals surface area (Å²) in [7, 11) is 1.71. The Balaban J connectivity index is 2.07. The maximum absolute atomic E-state index is 11.9. The molecule has 0 fully saturated rings. The van der Waals surface area contributed by atoms with Crippen LogP contribution in [0.4, 0.5) is 0 Å². The lowest BCUT2D eigenvalue weighted by atomic mass is 10.2. The van der Waals surface area contributed by atoms with Crippen LogP contribution in [0.15, 0.2) is 35.2 Å². The van der Waals surface area contributed by atoms with Crippen LogP contribution in [-0.4, -0.2) is 27.9 Å². The van der Waals surface area contributed by atoms with Crippen LogP contribution in [0.1, 0.15) is 16.1 Å². The van der Waals surface area contributed by atoms with Crippen LogP contribution in [-0.2, 0) is 6.54 Å². The molecule has 88 valence electrons. The fraction of sp³-hybridized carbons (Fsp3) is 0.167. The number of phenolic OH excluding ortho intramolecular Hbond substituents is 1. The van der Waals surface area contributed by atoms with Gasteiger partial charge >= 0.3 is 0 Å². The van der Waals surface area contributed by atoms with E-state index in [-0.39, 0.29) is 11.7 Å². The van der Waals surface area contributed by atoms with Gasteiger partial charge in [0, 0.05) is 19.0 Å². The maximum atomic E-state index is 11.9. The van der Waals surface area contributed by atoms with Gasteiger partial charge in [-0.25, -0.2) is 4.98 Å². The highest BCUT2D eigenvalue weighted by Gasteiger charge is 2.13. The van der Waals surface area contributed by atoms with Gasteiger partial charge in [0.2, 0.25) is 0 Å². The number of amides is 1. The molecule has 5 heteroatoms. The van der Waals surface area contributed by atoms with Gasteiger partial charge in [-0.15, -0.1) is 11.3 Å². The second kappa shape index (κ2) is 4.97. The summed E-state index contributed by atoms with van der Waals surface area (Å²) in [6, 6.07) is 6.87. The Morgan fingerprint density at radius 1 is 1.53 bits per heavy atom. The van der Waals surface area contributed by atoms with Crippen LogP contribution in [0.2, 0.25) is 0 Å². The van der Waals surface area contributed by atoms with Gasteiger partial charge < -0.3 is 10.0 Å². The summed E-state index contributed by atoms with van der Waals surface area (Å²) in [6.07, 6.45) is 0. The molecule has 0 saturated heterocycles. The molecule has 1 aromatic heterocycles. The zero-order chi connectivity index (χ0) is 12.3. The number of nitrogens with zero attached hydrogens (tertiary/aromatic N) is 2. The van der Waals surface area contributed by atoms with Crippen LogP contribution in [0.25, 0.3) is 0 Å². The molecule has 0 spiro atoms. The molecule has 0 bridgehead atoms. The van der Waals surface area contributed by atoms with Gasteiger partial charge in [-0.2, -0.15) is 0 Å². The molecule has 2 rings (SSSR count). The Morgan fingerprint density at radius 2 is 2.35 bits per heavy atom. The van der Waals surface area contributed by atoms with Gasteiger partial charge in [0.15, 0.2) is 0 Å². The molecule has 0 radical (unpaired) electrons. The van der Waals surface area contributed by atoms with Crippen LogP contribution >= 0.6 is 11.3 Å². The highest BCUT2D eigenvalue weighted by Crippen LogP contribution is 2.13. The number of aromatic nitrogens is 1. The van der Waals surface area contributed by atoms with E-state index in [0.717, 1.165) is 5.56 Å². The molecule has 0 aliphatic carbocycles. The van der Waals surface area contributed by atoms with Crippen molar-refractivity contribution in [2.24, 2.45) is 0 Å². The Labute approximate surface area is 103 Å². The molecular formula is C12H12N2O2S. The van der Waals surface area contributed by atoms with Crippen molar-refractivity contribution in [2.45, 2.75) is 6.54 Å². The van der Waals surface area contributed by atoms with Crippen molar-refractivity contribution < 1.29 is 9.90 Å². The van der Waals surface area contributed by atoms with E-state index in [0.29, 0.717) is 12.2 Å². The molecule has 1 heterocycles. The number of rotatable bonds is 3. The minimum Gasteiger partial charge on any atom is -0.508 e. The number of thiazole rings is 1. The summed E-state index contributed by atoms with van der Waals surface area (Å²) >= 11 is 1.40. The second-order valence-electron chi connectivity index (χ2n) is 3.70. The van der Waals surface area contributed by atoms with Gasteiger partial charge in [0.25, 0.3) is 5.91 Å². The number of phenols is 1. The SMILES string of the molecule is CN(Cc1cccc(O)c1)C(=O)c1cscn1. The first-order valence-corrected chi connectivity index (χ1v) is 6.02. The molecule has 1 N–H and O–H groups in total. The minimum absolute atomic E-state index is 0.116. The van der Waals surface area contributed by atoms with Gasteiger partial charge in [0.1, 0.15) is 11.4 Å². The summed E-state index contributed by atoms with van der Waals surface area (Å²) in [5.41, 5.74) is 2.98. The van der Waals surface area contributed by atoms with Gasteiger partial charge in [-0.1, -0.05) is 12.1 Å². The molecule has 17 heavy (non-hydrogen) atoms. The van der Waals surface area contributed by atoms with E-state index in [2.05, 4.69) is 4.98 Å². The number of benzene rings is 1. The topological polar surface area (TPSA) is 53.4 Å². The fourth-order valence-corrected chi connectivity index (χ4v) is 2.04. The number of aromatic hydroxyl groups is 1. The Kier molecular flexibility index (Phi) is 3.39. The second-order valence-corrected chi connectivity index (χ2v) is 4.42.